The third-order valence-electron chi connectivity index (χ3n) is 3.44. The summed E-state index contributed by atoms with van der Waals surface area (Å²) in [6.07, 6.45) is -1.70. The molecule has 0 spiro atoms. The molecule has 0 amide bonds. The summed E-state index contributed by atoms with van der Waals surface area (Å²) in [4.78, 5) is 11.6. The van der Waals surface area contributed by atoms with Gasteiger partial charge in [-0.15, -0.1) is 0 Å². The summed E-state index contributed by atoms with van der Waals surface area (Å²) < 4.78 is 44.9. The lowest BCUT2D eigenvalue weighted by molar-refractivity contribution is -0.141. The second kappa shape index (κ2) is 8.00. The van der Waals surface area contributed by atoms with Crippen LogP contribution in [0.2, 0.25) is 0 Å². The number of hydrogen-bond donors (Lipinski definition) is 2. The maximum absolute atomic E-state index is 13.2. The lowest BCUT2D eigenvalue weighted by Crippen LogP contribution is -2.11. The number of aliphatic hydroxyl groups excluding tert-OH is 1. The normalized spacial score (nSPS) is 11.3. The first-order valence-corrected chi connectivity index (χ1v) is 7.93. The highest BCUT2D eigenvalue weighted by molar-refractivity contribution is 5.62. The highest BCUT2D eigenvalue weighted by atomic mass is 19.4. The number of anilines is 2. The van der Waals surface area contributed by atoms with Crippen molar-refractivity contribution in [2.45, 2.75) is 6.18 Å². The van der Waals surface area contributed by atoms with Crippen LogP contribution >= 0.6 is 0 Å². The lowest BCUT2D eigenvalue weighted by Gasteiger charge is -2.12. The molecular formula is C18H15F3N4O2. The highest BCUT2D eigenvalue weighted by Gasteiger charge is 2.33. The summed E-state index contributed by atoms with van der Waals surface area (Å²) >= 11 is 0. The Labute approximate surface area is 152 Å². The fourth-order valence-electron chi connectivity index (χ4n) is 2.23. The molecule has 1 aromatic carbocycles. The number of hydrogen-bond acceptors (Lipinski definition) is 6. The van der Waals surface area contributed by atoms with Crippen molar-refractivity contribution in [3.63, 3.8) is 0 Å². The van der Waals surface area contributed by atoms with E-state index >= 15 is 0 Å². The van der Waals surface area contributed by atoms with Crippen LogP contribution in [-0.2, 0) is 6.18 Å². The molecule has 0 saturated carbocycles. The van der Waals surface area contributed by atoms with Gasteiger partial charge < -0.3 is 15.2 Å². The Morgan fingerprint density at radius 2 is 1.70 bits per heavy atom. The van der Waals surface area contributed by atoms with E-state index in [2.05, 4.69) is 20.3 Å². The topological polar surface area (TPSA) is 80.2 Å². The summed E-state index contributed by atoms with van der Waals surface area (Å²) in [7, 11) is 0. The van der Waals surface area contributed by atoms with E-state index in [1.54, 1.807) is 24.3 Å². The van der Waals surface area contributed by atoms with E-state index in [1.807, 2.05) is 0 Å². The fraction of sp³-hybridized carbons (Fsp3) is 0.167. The molecule has 140 valence electrons. The zero-order valence-corrected chi connectivity index (χ0v) is 13.9. The van der Waals surface area contributed by atoms with Crippen LogP contribution < -0.4 is 10.1 Å². The Bertz CT molecular complexity index is 887. The first-order chi connectivity index (χ1) is 13.0. The molecule has 0 fully saturated rings. The number of halogens is 3. The van der Waals surface area contributed by atoms with E-state index in [1.165, 1.54) is 24.5 Å². The summed E-state index contributed by atoms with van der Waals surface area (Å²) in [5.41, 5.74) is -0.0968. The molecule has 0 aliphatic rings. The van der Waals surface area contributed by atoms with E-state index in [-0.39, 0.29) is 24.9 Å². The molecule has 2 heterocycles. The zero-order valence-electron chi connectivity index (χ0n) is 13.9. The molecule has 6 nitrogen and oxygen atoms in total. The number of pyridine rings is 1. The van der Waals surface area contributed by atoms with Gasteiger partial charge in [-0.2, -0.15) is 13.2 Å². The minimum absolute atomic E-state index is 0.00756. The summed E-state index contributed by atoms with van der Waals surface area (Å²) in [6, 6.07) is 10.4. The van der Waals surface area contributed by atoms with E-state index in [9.17, 15) is 13.2 Å². The molecule has 2 aromatic heterocycles. The number of nitrogens with one attached hydrogen (secondary N) is 1. The average Bonchev–Trinajstić information content (AvgIpc) is 2.67. The molecule has 0 aliphatic heterocycles. The Morgan fingerprint density at radius 3 is 2.33 bits per heavy atom. The van der Waals surface area contributed by atoms with Gasteiger partial charge in [0.25, 0.3) is 0 Å². The third-order valence-corrected chi connectivity index (χ3v) is 3.44. The van der Waals surface area contributed by atoms with E-state index in [0.29, 0.717) is 17.0 Å². The van der Waals surface area contributed by atoms with Crippen LogP contribution in [0.15, 0.2) is 54.9 Å². The fourth-order valence-corrected chi connectivity index (χ4v) is 2.23. The molecule has 9 heteroatoms. The molecular weight excluding hydrogens is 361 g/mol. The van der Waals surface area contributed by atoms with Crippen molar-refractivity contribution in [2.24, 2.45) is 0 Å². The number of ether oxygens (including phenoxy) is 1. The van der Waals surface area contributed by atoms with Gasteiger partial charge in [0.2, 0.25) is 0 Å². The maximum atomic E-state index is 13.2. The van der Waals surface area contributed by atoms with Crippen molar-refractivity contribution in [1.82, 2.24) is 15.0 Å². The van der Waals surface area contributed by atoms with E-state index in [0.717, 1.165) is 6.07 Å². The predicted molar refractivity (Wildman–Crippen MR) is 92.6 cm³/mol. The van der Waals surface area contributed by atoms with Crippen LogP contribution in [0.3, 0.4) is 0 Å². The molecule has 3 aromatic rings. The van der Waals surface area contributed by atoms with Crippen molar-refractivity contribution >= 4 is 11.5 Å². The molecule has 3 rings (SSSR count). The van der Waals surface area contributed by atoms with E-state index in [4.69, 9.17) is 9.84 Å². The first kappa shape index (κ1) is 18.6. The highest BCUT2D eigenvalue weighted by Crippen LogP contribution is 2.31. The molecule has 0 aliphatic carbocycles. The molecule has 0 atom stereocenters. The average molecular weight is 376 g/mol. The molecule has 0 saturated heterocycles. The Morgan fingerprint density at radius 1 is 1.00 bits per heavy atom. The first-order valence-electron chi connectivity index (χ1n) is 7.93. The van der Waals surface area contributed by atoms with Crippen LogP contribution in [0.25, 0.3) is 11.4 Å². The number of aliphatic hydroxyl groups is 1. The number of alkyl halides is 3. The minimum Gasteiger partial charge on any atom is -0.491 e. The van der Waals surface area contributed by atoms with Gasteiger partial charge in [0, 0.05) is 29.7 Å². The predicted octanol–water partition coefficient (Wildman–Crippen LogP) is 3.67. The molecule has 27 heavy (non-hydrogen) atoms. The van der Waals surface area contributed by atoms with Crippen molar-refractivity contribution < 1.29 is 23.0 Å². The zero-order chi connectivity index (χ0) is 19.3. The van der Waals surface area contributed by atoms with Gasteiger partial charge in [-0.25, -0.2) is 9.97 Å². The van der Waals surface area contributed by atoms with Gasteiger partial charge in [-0.1, -0.05) is 0 Å². The minimum atomic E-state index is -4.61. The second-order valence-electron chi connectivity index (χ2n) is 5.42. The smallest absolute Gasteiger partial charge is 0.433 e. The Balaban J connectivity index is 1.90. The second-order valence-corrected chi connectivity index (χ2v) is 5.42. The van der Waals surface area contributed by atoms with Gasteiger partial charge in [0.05, 0.1) is 6.61 Å². The van der Waals surface area contributed by atoms with Crippen molar-refractivity contribution in [2.75, 3.05) is 18.5 Å². The summed E-state index contributed by atoms with van der Waals surface area (Å²) in [6.45, 7) is 0.0435. The standard InChI is InChI=1S/C18H15F3N4O2/c19-18(20,21)15-11-16(25-17(24-15)12-5-7-22-8-6-12)23-13-1-3-14(4-2-13)27-10-9-26/h1-8,11,26H,9-10H2,(H,23,24,25). The molecule has 0 unspecified atom stereocenters. The van der Waals surface area contributed by atoms with Gasteiger partial charge in [0.1, 0.15) is 18.2 Å². The van der Waals surface area contributed by atoms with Gasteiger partial charge in [-0.3, -0.25) is 4.98 Å². The van der Waals surface area contributed by atoms with Gasteiger partial charge in [0.15, 0.2) is 11.5 Å². The Kier molecular flexibility index (Phi) is 5.51. The summed E-state index contributed by atoms with van der Waals surface area (Å²) in [5.74, 6) is 0.483. The van der Waals surface area contributed by atoms with Crippen molar-refractivity contribution in [1.29, 1.82) is 0 Å². The van der Waals surface area contributed by atoms with Crippen LogP contribution in [0, 0.1) is 0 Å². The Hall–Kier alpha value is -3.20. The van der Waals surface area contributed by atoms with Gasteiger partial charge >= 0.3 is 6.18 Å². The molecule has 2 N–H and O–H groups in total. The molecule has 0 radical (unpaired) electrons. The van der Waals surface area contributed by atoms with Crippen LogP contribution in [0.5, 0.6) is 5.75 Å². The number of benzene rings is 1. The van der Waals surface area contributed by atoms with E-state index < -0.39 is 11.9 Å². The summed E-state index contributed by atoms with van der Waals surface area (Å²) in [5, 5.41) is 11.6. The number of nitrogens with zero attached hydrogens (tertiary/aromatic N) is 3. The third kappa shape index (κ3) is 4.91. The molecule has 0 bridgehead atoms. The quantitative estimate of drug-likeness (QED) is 0.683. The SMILES string of the molecule is OCCOc1ccc(Nc2cc(C(F)(F)F)nc(-c3ccncc3)n2)cc1. The largest absolute Gasteiger partial charge is 0.491 e. The monoisotopic (exact) mass is 376 g/mol. The lowest BCUT2D eigenvalue weighted by atomic mass is 10.2. The maximum Gasteiger partial charge on any atom is 0.433 e. The van der Waals surface area contributed by atoms with Crippen molar-refractivity contribution in [3.05, 3.63) is 60.6 Å². The van der Waals surface area contributed by atoms with Crippen LogP contribution in [-0.4, -0.2) is 33.3 Å². The van der Waals surface area contributed by atoms with Crippen LogP contribution in [0.1, 0.15) is 5.69 Å². The van der Waals surface area contributed by atoms with Crippen LogP contribution in [0.4, 0.5) is 24.7 Å². The van der Waals surface area contributed by atoms with Gasteiger partial charge in [-0.05, 0) is 36.4 Å². The number of aromatic nitrogens is 3. The number of rotatable bonds is 6. The van der Waals surface area contributed by atoms with Crippen molar-refractivity contribution in [3.8, 4) is 17.1 Å².